The molecule has 0 aliphatic carbocycles. The van der Waals surface area contributed by atoms with Crippen LogP contribution in [0.4, 0.5) is 0 Å². The maximum absolute atomic E-state index is 9.36. The van der Waals surface area contributed by atoms with Crippen LogP contribution >= 0.6 is 0 Å². The standard InChI is InChI=1S/C9H18O3/c1-6-5-12-9(7(2)11)8(6)3-4-10/h6-11H,3-5H2,1-2H3/t6-,7+,8+,9+/m0/s1. The highest BCUT2D eigenvalue weighted by molar-refractivity contribution is 4.84. The van der Waals surface area contributed by atoms with Gasteiger partial charge in [-0.3, -0.25) is 0 Å². The molecule has 0 bridgehead atoms. The summed E-state index contributed by atoms with van der Waals surface area (Å²) in [6.45, 7) is 4.73. The van der Waals surface area contributed by atoms with E-state index in [1.54, 1.807) is 6.92 Å². The lowest BCUT2D eigenvalue weighted by Gasteiger charge is -2.22. The van der Waals surface area contributed by atoms with Gasteiger partial charge in [-0.15, -0.1) is 0 Å². The molecule has 3 heteroatoms. The van der Waals surface area contributed by atoms with Gasteiger partial charge in [-0.05, 0) is 25.2 Å². The minimum absolute atomic E-state index is 0.0767. The van der Waals surface area contributed by atoms with Crippen molar-refractivity contribution in [2.45, 2.75) is 32.5 Å². The molecule has 1 aliphatic heterocycles. The Bertz CT molecular complexity index is 136. The number of aliphatic hydroxyl groups is 2. The maximum atomic E-state index is 9.36. The Hall–Kier alpha value is -0.120. The molecule has 4 atom stereocenters. The molecule has 0 spiro atoms. The molecule has 1 rings (SSSR count). The average molecular weight is 174 g/mol. The van der Waals surface area contributed by atoms with Crippen molar-refractivity contribution in [1.82, 2.24) is 0 Å². The highest BCUT2D eigenvalue weighted by Gasteiger charge is 2.36. The Morgan fingerprint density at radius 3 is 2.75 bits per heavy atom. The van der Waals surface area contributed by atoms with Crippen LogP contribution in [0.2, 0.25) is 0 Å². The number of aliphatic hydroxyl groups excluding tert-OH is 2. The van der Waals surface area contributed by atoms with Crippen molar-refractivity contribution in [3.05, 3.63) is 0 Å². The summed E-state index contributed by atoms with van der Waals surface area (Å²) < 4.78 is 5.43. The fraction of sp³-hybridized carbons (Fsp3) is 1.00. The van der Waals surface area contributed by atoms with E-state index in [-0.39, 0.29) is 12.7 Å². The van der Waals surface area contributed by atoms with Crippen molar-refractivity contribution in [2.24, 2.45) is 11.8 Å². The van der Waals surface area contributed by atoms with E-state index in [1.807, 2.05) is 0 Å². The van der Waals surface area contributed by atoms with Crippen molar-refractivity contribution in [1.29, 1.82) is 0 Å². The Labute approximate surface area is 73.4 Å². The van der Waals surface area contributed by atoms with Crippen molar-refractivity contribution in [3.63, 3.8) is 0 Å². The smallest absolute Gasteiger partial charge is 0.0863 e. The van der Waals surface area contributed by atoms with Gasteiger partial charge >= 0.3 is 0 Å². The lowest BCUT2D eigenvalue weighted by molar-refractivity contribution is -0.0132. The minimum Gasteiger partial charge on any atom is -0.396 e. The Morgan fingerprint density at radius 1 is 1.58 bits per heavy atom. The SMILES string of the molecule is C[C@@H](O)[C@H]1OC[C@H](C)[C@H]1CCO. The van der Waals surface area contributed by atoms with Crippen LogP contribution in [0.1, 0.15) is 20.3 Å². The van der Waals surface area contributed by atoms with Gasteiger partial charge in [0.1, 0.15) is 0 Å². The van der Waals surface area contributed by atoms with E-state index in [0.29, 0.717) is 18.4 Å². The number of ether oxygens (including phenoxy) is 1. The topological polar surface area (TPSA) is 49.7 Å². The Morgan fingerprint density at radius 2 is 2.25 bits per heavy atom. The summed E-state index contributed by atoms with van der Waals surface area (Å²) in [7, 11) is 0. The van der Waals surface area contributed by atoms with Crippen molar-refractivity contribution in [2.75, 3.05) is 13.2 Å². The molecule has 12 heavy (non-hydrogen) atoms. The Kier molecular flexibility index (Phi) is 3.50. The van der Waals surface area contributed by atoms with Gasteiger partial charge in [-0.1, -0.05) is 6.92 Å². The van der Waals surface area contributed by atoms with E-state index in [9.17, 15) is 5.11 Å². The zero-order chi connectivity index (χ0) is 9.14. The first-order chi connectivity index (χ1) is 5.66. The molecular formula is C9H18O3. The quantitative estimate of drug-likeness (QED) is 0.651. The van der Waals surface area contributed by atoms with Gasteiger partial charge in [-0.25, -0.2) is 0 Å². The summed E-state index contributed by atoms with van der Waals surface area (Å²) in [5, 5.41) is 18.2. The molecule has 2 N–H and O–H groups in total. The van der Waals surface area contributed by atoms with Gasteiger partial charge in [0.05, 0.1) is 18.8 Å². The average Bonchev–Trinajstić information content (AvgIpc) is 2.34. The molecule has 72 valence electrons. The number of hydrogen-bond donors (Lipinski definition) is 2. The zero-order valence-corrected chi connectivity index (χ0v) is 7.73. The van der Waals surface area contributed by atoms with E-state index in [2.05, 4.69) is 6.92 Å². The summed E-state index contributed by atoms with van der Waals surface area (Å²) in [4.78, 5) is 0. The van der Waals surface area contributed by atoms with Crippen LogP contribution in [-0.2, 0) is 4.74 Å². The monoisotopic (exact) mass is 174 g/mol. The van der Waals surface area contributed by atoms with E-state index in [1.165, 1.54) is 0 Å². The highest BCUT2D eigenvalue weighted by Crippen LogP contribution is 2.31. The second-order valence-corrected chi connectivity index (χ2v) is 3.69. The highest BCUT2D eigenvalue weighted by atomic mass is 16.5. The van der Waals surface area contributed by atoms with Crippen molar-refractivity contribution >= 4 is 0 Å². The van der Waals surface area contributed by atoms with Crippen LogP contribution in [0.3, 0.4) is 0 Å². The molecule has 0 radical (unpaired) electrons. The molecule has 1 heterocycles. The first-order valence-corrected chi connectivity index (χ1v) is 4.57. The molecule has 0 unspecified atom stereocenters. The number of hydrogen-bond acceptors (Lipinski definition) is 3. The van der Waals surface area contributed by atoms with Crippen LogP contribution in [0.25, 0.3) is 0 Å². The van der Waals surface area contributed by atoms with Crippen molar-refractivity contribution < 1.29 is 14.9 Å². The van der Waals surface area contributed by atoms with Gasteiger partial charge in [-0.2, -0.15) is 0 Å². The van der Waals surface area contributed by atoms with Gasteiger partial charge in [0.25, 0.3) is 0 Å². The summed E-state index contributed by atoms with van der Waals surface area (Å²) in [6, 6.07) is 0. The second-order valence-electron chi connectivity index (χ2n) is 3.69. The lowest BCUT2D eigenvalue weighted by Crippen LogP contribution is -2.30. The first-order valence-electron chi connectivity index (χ1n) is 4.57. The summed E-state index contributed by atoms with van der Waals surface area (Å²) >= 11 is 0. The van der Waals surface area contributed by atoms with E-state index >= 15 is 0 Å². The van der Waals surface area contributed by atoms with Crippen LogP contribution in [0, 0.1) is 11.8 Å². The fourth-order valence-corrected chi connectivity index (χ4v) is 1.93. The molecule has 1 fully saturated rings. The third-order valence-corrected chi connectivity index (χ3v) is 2.64. The molecule has 0 aromatic carbocycles. The van der Waals surface area contributed by atoms with Crippen LogP contribution in [0.5, 0.6) is 0 Å². The van der Waals surface area contributed by atoms with Gasteiger partial charge in [0.15, 0.2) is 0 Å². The van der Waals surface area contributed by atoms with Gasteiger partial charge < -0.3 is 14.9 Å². The summed E-state index contributed by atoms with van der Waals surface area (Å²) in [5.74, 6) is 0.770. The van der Waals surface area contributed by atoms with Gasteiger partial charge in [0.2, 0.25) is 0 Å². The normalized spacial score (nSPS) is 38.5. The van der Waals surface area contributed by atoms with Crippen LogP contribution in [-0.4, -0.2) is 35.6 Å². The van der Waals surface area contributed by atoms with Crippen LogP contribution in [0.15, 0.2) is 0 Å². The molecule has 0 amide bonds. The third-order valence-electron chi connectivity index (χ3n) is 2.64. The van der Waals surface area contributed by atoms with E-state index in [4.69, 9.17) is 9.84 Å². The molecule has 0 aromatic rings. The molecule has 1 saturated heterocycles. The van der Waals surface area contributed by atoms with E-state index < -0.39 is 6.10 Å². The van der Waals surface area contributed by atoms with Crippen LogP contribution < -0.4 is 0 Å². The lowest BCUT2D eigenvalue weighted by atomic mass is 9.87. The third kappa shape index (κ3) is 1.97. The number of rotatable bonds is 3. The predicted octanol–water partition coefficient (Wildman–Crippen LogP) is 0.401. The summed E-state index contributed by atoms with van der Waals surface area (Å²) in [5.41, 5.74) is 0. The molecule has 3 nitrogen and oxygen atoms in total. The molecule has 1 aliphatic rings. The second kappa shape index (κ2) is 4.21. The van der Waals surface area contributed by atoms with Crippen molar-refractivity contribution in [3.8, 4) is 0 Å². The maximum Gasteiger partial charge on any atom is 0.0863 e. The van der Waals surface area contributed by atoms with E-state index in [0.717, 1.165) is 6.42 Å². The molecular weight excluding hydrogens is 156 g/mol. The Balaban J connectivity index is 2.51. The molecule has 0 aromatic heterocycles. The zero-order valence-electron chi connectivity index (χ0n) is 7.73. The summed E-state index contributed by atoms with van der Waals surface area (Å²) in [6.07, 6.45) is 0.232. The molecule has 0 saturated carbocycles. The fourth-order valence-electron chi connectivity index (χ4n) is 1.93. The first kappa shape index (κ1) is 9.96. The van der Waals surface area contributed by atoms with Gasteiger partial charge in [0, 0.05) is 6.61 Å². The largest absolute Gasteiger partial charge is 0.396 e. The predicted molar refractivity (Wildman–Crippen MR) is 45.8 cm³/mol. The minimum atomic E-state index is -0.425.